The van der Waals surface area contributed by atoms with Gasteiger partial charge in [0.1, 0.15) is 26.1 Å². The van der Waals surface area contributed by atoms with E-state index >= 15 is 0 Å². The molecule has 142 valence electrons. The van der Waals surface area contributed by atoms with E-state index in [2.05, 4.69) is 99.2 Å². The zero-order valence-corrected chi connectivity index (χ0v) is 17.9. The topological polar surface area (TPSA) is 39.9 Å². The van der Waals surface area contributed by atoms with Crippen molar-refractivity contribution in [2.45, 2.75) is 52.4 Å². The molecule has 1 atom stereocenters. The maximum Gasteiger partial charge on any atom is 0.134 e. The smallest absolute Gasteiger partial charge is 0.134 e. The molecule has 1 aromatic heterocycles. The molecule has 5 heteroatoms. The Balaban J connectivity index is 1.75. The summed E-state index contributed by atoms with van der Waals surface area (Å²) in [5, 5.41) is 11.2. The van der Waals surface area contributed by atoms with Crippen molar-refractivity contribution in [3.05, 3.63) is 66.5 Å². The standard InChI is InChI=1S/C22H29N3OSi/c1-17(2)25-15-19(23-24-25)16-26-20-11-13-22(14-12-20)27(5,18(3)4)21-9-7-6-8-10-21/h6-15,17-18H,16H2,1-5H3. The fraction of sp³-hybridized carbons (Fsp3) is 0.364. The Bertz CT molecular complexity index is 859. The van der Waals surface area contributed by atoms with Gasteiger partial charge in [-0.05, 0) is 31.5 Å². The molecule has 27 heavy (non-hydrogen) atoms. The Kier molecular flexibility index (Phi) is 5.80. The molecule has 3 rings (SSSR count). The van der Waals surface area contributed by atoms with Crippen LogP contribution in [0.1, 0.15) is 39.4 Å². The van der Waals surface area contributed by atoms with E-state index in [0.29, 0.717) is 18.2 Å². The molecule has 0 aliphatic rings. The van der Waals surface area contributed by atoms with Gasteiger partial charge in [-0.1, -0.05) is 78.4 Å². The fourth-order valence-electron chi connectivity index (χ4n) is 3.30. The Morgan fingerprint density at radius 2 is 1.56 bits per heavy atom. The third-order valence-electron chi connectivity index (χ3n) is 5.46. The second kappa shape index (κ2) is 8.09. The van der Waals surface area contributed by atoms with Crippen LogP contribution in [-0.4, -0.2) is 23.1 Å². The average Bonchev–Trinajstić information content (AvgIpc) is 3.16. The van der Waals surface area contributed by atoms with E-state index in [0.717, 1.165) is 11.4 Å². The molecule has 0 saturated carbocycles. The van der Waals surface area contributed by atoms with Crippen molar-refractivity contribution in [1.29, 1.82) is 0 Å². The number of benzene rings is 2. The zero-order valence-electron chi connectivity index (χ0n) is 16.9. The minimum absolute atomic E-state index is 0.308. The van der Waals surface area contributed by atoms with Gasteiger partial charge in [-0.25, -0.2) is 4.68 Å². The lowest BCUT2D eigenvalue weighted by Gasteiger charge is -2.33. The zero-order chi connectivity index (χ0) is 19.4. The first-order valence-corrected chi connectivity index (χ1v) is 12.2. The van der Waals surface area contributed by atoms with Crippen LogP contribution in [0.15, 0.2) is 60.8 Å². The van der Waals surface area contributed by atoms with Gasteiger partial charge in [-0.3, -0.25) is 0 Å². The highest BCUT2D eigenvalue weighted by molar-refractivity contribution is 7.02. The van der Waals surface area contributed by atoms with Crippen LogP contribution >= 0.6 is 0 Å². The largest absolute Gasteiger partial charge is 0.487 e. The molecule has 0 saturated heterocycles. The van der Waals surface area contributed by atoms with Crippen LogP contribution in [0, 0.1) is 0 Å². The van der Waals surface area contributed by atoms with Crippen LogP contribution in [0.5, 0.6) is 5.75 Å². The highest BCUT2D eigenvalue weighted by Gasteiger charge is 2.35. The van der Waals surface area contributed by atoms with Crippen molar-refractivity contribution in [2.24, 2.45) is 0 Å². The lowest BCUT2D eigenvalue weighted by Crippen LogP contribution is -2.57. The summed E-state index contributed by atoms with van der Waals surface area (Å²) in [7, 11) is -1.78. The molecule has 3 aromatic rings. The van der Waals surface area contributed by atoms with Gasteiger partial charge in [0.05, 0.1) is 6.20 Å². The van der Waals surface area contributed by atoms with Gasteiger partial charge in [0.2, 0.25) is 0 Å². The summed E-state index contributed by atoms with van der Waals surface area (Å²) in [6.45, 7) is 11.7. The fourth-order valence-corrected chi connectivity index (χ4v) is 6.71. The molecule has 0 spiro atoms. The molecule has 1 heterocycles. The van der Waals surface area contributed by atoms with E-state index in [1.54, 1.807) is 0 Å². The predicted molar refractivity (Wildman–Crippen MR) is 114 cm³/mol. The normalized spacial score (nSPS) is 13.7. The first-order valence-electron chi connectivity index (χ1n) is 9.61. The molecular weight excluding hydrogens is 350 g/mol. The minimum Gasteiger partial charge on any atom is -0.487 e. The second-order valence-corrected chi connectivity index (χ2v) is 12.5. The van der Waals surface area contributed by atoms with Gasteiger partial charge in [0, 0.05) is 6.04 Å². The Morgan fingerprint density at radius 3 is 2.11 bits per heavy atom. The van der Waals surface area contributed by atoms with Gasteiger partial charge in [0.25, 0.3) is 0 Å². The number of hydrogen-bond donors (Lipinski definition) is 0. The average molecular weight is 380 g/mol. The number of nitrogens with zero attached hydrogens (tertiary/aromatic N) is 3. The second-order valence-electron chi connectivity index (χ2n) is 7.82. The van der Waals surface area contributed by atoms with E-state index in [1.165, 1.54) is 10.4 Å². The molecular formula is C22H29N3OSi. The molecule has 0 radical (unpaired) electrons. The van der Waals surface area contributed by atoms with Gasteiger partial charge >= 0.3 is 0 Å². The summed E-state index contributed by atoms with van der Waals surface area (Å²) in [6.07, 6.45) is 1.94. The lowest BCUT2D eigenvalue weighted by atomic mass is 10.3. The number of aromatic nitrogens is 3. The molecule has 0 N–H and O–H groups in total. The monoisotopic (exact) mass is 379 g/mol. The Morgan fingerprint density at radius 1 is 0.926 bits per heavy atom. The SMILES string of the molecule is CC(C)n1cc(COc2ccc([Si](C)(c3ccccc3)C(C)C)cc2)nn1. The number of hydrogen-bond acceptors (Lipinski definition) is 3. The Hall–Kier alpha value is -2.40. The summed E-state index contributed by atoms with van der Waals surface area (Å²) >= 11 is 0. The summed E-state index contributed by atoms with van der Waals surface area (Å²) in [6, 6.07) is 19.9. The maximum absolute atomic E-state index is 5.92. The summed E-state index contributed by atoms with van der Waals surface area (Å²) < 4.78 is 7.77. The van der Waals surface area contributed by atoms with Crippen LogP contribution in [0.3, 0.4) is 0 Å². The van der Waals surface area contributed by atoms with Gasteiger partial charge < -0.3 is 4.74 Å². The summed E-state index contributed by atoms with van der Waals surface area (Å²) in [4.78, 5) is 0. The molecule has 4 nitrogen and oxygen atoms in total. The van der Waals surface area contributed by atoms with Gasteiger partial charge in [-0.15, -0.1) is 5.10 Å². The predicted octanol–water partition coefficient (Wildman–Crippen LogP) is 4.04. The first-order chi connectivity index (χ1) is 12.9. The molecule has 0 fully saturated rings. The number of ether oxygens (including phenoxy) is 1. The third kappa shape index (κ3) is 4.13. The van der Waals surface area contributed by atoms with Crippen molar-refractivity contribution in [3.63, 3.8) is 0 Å². The number of rotatable bonds is 7. The molecule has 0 aliphatic heterocycles. The Labute approximate surface area is 163 Å². The van der Waals surface area contributed by atoms with Gasteiger partial charge in [0.15, 0.2) is 0 Å². The van der Waals surface area contributed by atoms with E-state index < -0.39 is 8.07 Å². The van der Waals surface area contributed by atoms with Crippen molar-refractivity contribution in [1.82, 2.24) is 15.0 Å². The quantitative estimate of drug-likeness (QED) is 0.582. The molecule has 0 aliphatic carbocycles. The van der Waals surface area contributed by atoms with Crippen LogP contribution in [0.2, 0.25) is 12.1 Å². The molecule has 0 amide bonds. The molecule has 0 bridgehead atoms. The van der Waals surface area contributed by atoms with Crippen molar-refractivity contribution >= 4 is 18.4 Å². The van der Waals surface area contributed by atoms with Crippen LogP contribution in [0.4, 0.5) is 0 Å². The highest BCUT2D eigenvalue weighted by Crippen LogP contribution is 2.22. The summed E-state index contributed by atoms with van der Waals surface area (Å²) in [5.41, 5.74) is 1.45. The third-order valence-corrected chi connectivity index (χ3v) is 10.8. The molecule has 1 unspecified atom stereocenters. The van der Waals surface area contributed by atoms with Crippen LogP contribution in [-0.2, 0) is 6.61 Å². The van der Waals surface area contributed by atoms with Crippen LogP contribution < -0.4 is 15.1 Å². The van der Waals surface area contributed by atoms with Crippen LogP contribution in [0.25, 0.3) is 0 Å². The summed E-state index contributed by atoms with van der Waals surface area (Å²) in [5.74, 6) is 0.867. The van der Waals surface area contributed by atoms with Crippen molar-refractivity contribution < 1.29 is 4.74 Å². The van der Waals surface area contributed by atoms with Gasteiger partial charge in [-0.2, -0.15) is 0 Å². The lowest BCUT2D eigenvalue weighted by molar-refractivity contribution is 0.301. The van der Waals surface area contributed by atoms with E-state index in [-0.39, 0.29) is 0 Å². The first kappa shape index (κ1) is 19.4. The minimum atomic E-state index is -1.78. The van der Waals surface area contributed by atoms with E-state index in [4.69, 9.17) is 4.74 Å². The van der Waals surface area contributed by atoms with Crippen molar-refractivity contribution in [2.75, 3.05) is 0 Å². The van der Waals surface area contributed by atoms with E-state index in [1.807, 2.05) is 10.9 Å². The van der Waals surface area contributed by atoms with Crippen molar-refractivity contribution in [3.8, 4) is 5.75 Å². The maximum atomic E-state index is 5.92. The van der Waals surface area contributed by atoms with E-state index in [9.17, 15) is 0 Å². The highest BCUT2D eigenvalue weighted by atomic mass is 28.3. The molecule has 2 aromatic carbocycles.